The fraction of sp³-hybridized carbons (Fsp3) is 0.455. The predicted octanol–water partition coefficient (Wildman–Crippen LogP) is 2.53. The van der Waals surface area contributed by atoms with Crippen LogP contribution in [0.5, 0.6) is 0 Å². The van der Waals surface area contributed by atoms with Gasteiger partial charge in [0.25, 0.3) is 0 Å². The summed E-state index contributed by atoms with van der Waals surface area (Å²) in [5.74, 6) is -0.316. The molecule has 0 atom stereocenters. The molecule has 14 heavy (non-hydrogen) atoms. The van der Waals surface area contributed by atoms with Gasteiger partial charge in [0.05, 0.1) is 0 Å². The van der Waals surface area contributed by atoms with Gasteiger partial charge in [0, 0.05) is 0 Å². The van der Waals surface area contributed by atoms with Crippen molar-refractivity contribution in [1.82, 2.24) is 0 Å². The Morgan fingerprint density at radius 1 is 1.36 bits per heavy atom. The lowest BCUT2D eigenvalue weighted by Gasteiger charge is -2.15. The van der Waals surface area contributed by atoms with Crippen molar-refractivity contribution in [3.8, 4) is 0 Å². The van der Waals surface area contributed by atoms with E-state index < -0.39 is 5.67 Å². The zero-order valence-corrected chi connectivity index (χ0v) is 8.48. The minimum absolute atomic E-state index is 0.316. The van der Waals surface area contributed by atoms with E-state index in [0.29, 0.717) is 24.1 Å². The van der Waals surface area contributed by atoms with Crippen LogP contribution >= 0.6 is 0 Å². The molecule has 0 aliphatic rings. The van der Waals surface area contributed by atoms with Gasteiger partial charge in [0.2, 0.25) is 0 Å². The lowest BCUT2D eigenvalue weighted by atomic mass is 9.97. The monoisotopic (exact) mass is 199 g/mol. The number of alkyl halides is 1. The second-order valence-electron chi connectivity index (χ2n) is 3.82. The normalized spacial score (nSPS) is 11.8. The number of benzene rings is 1. The van der Waals surface area contributed by atoms with Crippen molar-refractivity contribution in [2.24, 2.45) is 5.73 Å². The molecular formula is C11H15F2N. The first-order valence-electron chi connectivity index (χ1n) is 4.63. The summed E-state index contributed by atoms with van der Waals surface area (Å²) in [6, 6.07) is 4.30. The van der Waals surface area contributed by atoms with Crippen LogP contribution in [0.15, 0.2) is 18.2 Å². The van der Waals surface area contributed by atoms with Gasteiger partial charge in [0.15, 0.2) is 0 Å². The van der Waals surface area contributed by atoms with E-state index in [-0.39, 0.29) is 5.82 Å². The van der Waals surface area contributed by atoms with Gasteiger partial charge in [-0.3, -0.25) is 0 Å². The van der Waals surface area contributed by atoms with E-state index >= 15 is 0 Å². The van der Waals surface area contributed by atoms with Crippen LogP contribution in [0.4, 0.5) is 8.78 Å². The number of rotatable bonds is 3. The third-order valence-corrected chi connectivity index (χ3v) is 2.15. The molecule has 0 bridgehead atoms. The lowest BCUT2D eigenvalue weighted by molar-refractivity contribution is 0.221. The minimum atomic E-state index is -1.43. The topological polar surface area (TPSA) is 26.0 Å². The molecule has 78 valence electrons. The smallest absolute Gasteiger partial charge is 0.130 e. The first-order chi connectivity index (χ1) is 6.45. The largest absolute Gasteiger partial charge is 0.330 e. The summed E-state index contributed by atoms with van der Waals surface area (Å²) in [5.41, 5.74) is 4.87. The third kappa shape index (κ3) is 2.51. The molecule has 1 rings (SSSR count). The molecular weight excluding hydrogens is 184 g/mol. The zero-order chi connectivity index (χ0) is 10.8. The van der Waals surface area contributed by atoms with Gasteiger partial charge in [-0.1, -0.05) is 6.07 Å². The Bertz CT molecular complexity index is 316. The van der Waals surface area contributed by atoms with Crippen molar-refractivity contribution in [2.75, 3.05) is 6.54 Å². The van der Waals surface area contributed by atoms with Crippen LogP contribution in [0.25, 0.3) is 0 Å². The lowest BCUT2D eigenvalue weighted by Crippen LogP contribution is -2.11. The summed E-state index contributed by atoms with van der Waals surface area (Å²) in [5, 5.41) is 0. The van der Waals surface area contributed by atoms with Crippen molar-refractivity contribution < 1.29 is 8.78 Å². The van der Waals surface area contributed by atoms with Crippen LogP contribution < -0.4 is 5.73 Å². The average Bonchev–Trinajstić information content (AvgIpc) is 2.07. The van der Waals surface area contributed by atoms with E-state index in [1.807, 2.05) is 0 Å². The molecule has 1 aromatic rings. The summed E-state index contributed by atoms with van der Waals surface area (Å²) in [4.78, 5) is 0. The Kier molecular flexibility index (Phi) is 3.21. The van der Waals surface area contributed by atoms with Crippen molar-refractivity contribution in [2.45, 2.75) is 25.9 Å². The SMILES string of the molecule is CC(C)(F)c1ccc(F)c(CCN)c1. The first kappa shape index (κ1) is 11.1. The molecule has 0 fully saturated rings. The molecule has 0 heterocycles. The molecule has 0 saturated carbocycles. The Morgan fingerprint density at radius 2 is 2.00 bits per heavy atom. The third-order valence-electron chi connectivity index (χ3n) is 2.15. The number of halogens is 2. The van der Waals surface area contributed by atoms with E-state index in [1.165, 1.54) is 26.0 Å². The first-order valence-corrected chi connectivity index (χ1v) is 4.63. The van der Waals surface area contributed by atoms with Gasteiger partial charge >= 0.3 is 0 Å². The summed E-state index contributed by atoms with van der Waals surface area (Å²) in [7, 11) is 0. The fourth-order valence-electron chi connectivity index (χ4n) is 1.29. The van der Waals surface area contributed by atoms with Crippen molar-refractivity contribution in [1.29, 1.82) is 0 Å². The van der Waals surface area contributed by atoms with E-state index in [4.69, 9.17) is 5.73 Å². The number of hydrogen-bond acceptors (Lipinski definition) is 1. The van der Waals surface area contributed by atoms with E-state index in [0.717, 1.165) is 0 Å². The maximum Gasteiger partial charge on any atom is 0.130 e. The molecule has 0 aromatic heterocycles. The zero-order valence-electron chi connectivity index (χ0n) is 8.48. The Labute approximate surface area is 82.9 Å². The maximum absolute atomic E-state index is 13.5. The Morgan fingerprint density at radius 3 is 2.50 bits per heavy atom. The number of hydrogen-bond donors (Lipinski definition) is 1. The molecule has 2 N–H and O–H groups in total. The van der Waals surface area contributed by atoms with E-state index in [1.54, 1.807) is 6.07 Å². The molecule has 0 amide bonds. The quantitative estimate of drug-likeness (QED) is 0.795. The highest BCUT2D eigenvalue weighted by Gasteiger charge is 2.19. The molecule has 3 heteroatoms. The van der Waals surface area contributed by atoms with Crippen molar-refractivity contribution in [3.05, 3.63) is 35.1 Å². The Balaban J connectivity index is 3.06. The predicted molar refractivity (Wildman–Crippen MR) is 53.3 cm³/mol. The highest BCUT2D eigenvalue weighted by atomic mass is 19.1. The average molecular weight is 199 g/mol. The van der Waals surface area contributed by atoms with Gasteiger partial charge < -0.3 is 5.73 Å². The van der Waals surface area contributed by atoms with E-state index in [9.17, 15) is 8.78 Å². The standard InChI is InChI=1S/C11H15F2N/c1-11(2,13)9-3-4-10(12)8(7-9)5-6-14/h3-4,7H,5-6,14H2,1-2H3. The van der Waals surface area contributed by atoms with Crippen LogP contribution in [-0.4, -0.2) is 6.54 Å². The molecule has 0 spiro atoms. The highest BCUT2D eigenvalue weighted by molar-refractivity contribution is 5.29. The molecule has 0 saturated heterocycles. The molecule has 1 nitrogen and oxygen atoms in total. The van der Waals surface area contributed by atoms with Gasteiger partial charge in [-0.2, -0.15) is 0 Å². The molecule has 1 aromatic carbocycles. The van der Waals surface area contributed by atoms with Crippen LogP contribution in [0.3, 0.4) is 0 Å². The molecule has 0 aliphatic heterocycles. The minimum Gasteiger partial charge on any atom is -0.330 e. The van der Waals surface area contributed by atoms with Crippen LogP contribution in [0.2, 0.25) is 0 Å². The summed E-state index contributed by atoms with van der Waals surface area (Å²) >= 11 is 0. The van der Waals surface area contributed by atoms with Gasteiger partial charge in [-0.25, -0.2) is 8.78 Å². The second kappa shape index (κ2) is 4.05. The summed E-state index contributed by atoms with van der Waals surface area (Å²) in [6.07, 6.45) is 0.440. The van der Waals surface area contributed by atoms with Crippen LogP contribution in [0.1, 0.15) is 25.0 Å². The number of nitrogens with two attached hydrogens (primary N) is 1. The van der Waals surface area contributed by atoms with Gasteiger partial charge in [-0.05, 0) is 50.1 Å². The van der Waals surface area contributed by atoms with Crippen molar-refractivity contribution >= 4 is 0 Å². The molecule has 0 unspecified atom stereocenters. The van der Waals surface area contributed by atoms with Gasteiger partial charge in [-0.15, -0.1) is 0 Å². The highest BCUT2D eigenvalue weighted by Crippen LogP contribution is 2.26. The van der Waals surface area contributed by atoms with Gasteiger partial charge in [0.1, 0.15) is 11.5 Å². The summed E-state index contributed by atoms with van der Waals surface area (Å²) in [6.45, 7) is 3.27. The van der Waals surface area contributed by atoms with Crippen LogP contribution in [-0.2, 0) is 12.1 Å². The fourth-order valence-corrected chi connectivity index (χ4v) is 1.29. The molecule has 0 radical (unpaired) electrons. The molecule has 0 aliphatic carbocycles. The summed E-state index contributed by atoms with van der Waals surface area (Å²) < 4.78 is 26.7. The van der Waals surface area contributed by atoms with E-state index in [2.05, 4.69) is 0 Å². The van der Waals surface area contributed by atoms with Crippen molar-refractivity contribution in [3.63, 3.8) is 0 Å². The maximum atomic E-state index is 13.5. The second-order valence-corrected chi connectivity index (χ2v) is 3.82. The van der Waals surface area contributed by atoms with Crippen LogP contribution in [0, 0.1) is 5.82 Å². The Hall–Kier alpha value is -0.960.